The number of nitrogens with zero attached hydrogens (tertiary/aromatic N) is 3. The highest BCUT2D eigenvalue weighted by atomic mass is 14.9. The molecular weight excluding hydrogens is 330 g/mol. The predicted molar refractivity (Wildman–Crippen MR) is 113 cm³/mol. The minimum Gasteiger partial charge on any atom is -0.256 e. The van der Waals surface area contributed by atoms with Crippen LogP contribution in [-0.4, -0.2) is 15.0 Å². The number of hydrogen-bond donors (Lipinski definition) is 0. The largest absolute Gasteiger partial charge is 0.256 e. The number of aromatic nitrogens is 3. The van der Waals surface area contributed by atoms with Gasteiger partial charge in [0.25, 0.3) is 0 Å². The molecule has 3 rings (SSSR count). The second-order valence-corrected chi connectivity index (χ2v) is 7.10. The number of rotatable bonds is 9. The van der Waals surface area contributed by atoms with Gasteiger partial charge in [-0.25, -0.2) is 9.97 Å². The molecule has 2 heterocycles. The second kappa shape index (κ2) is 9.96. The third kappa shape index (κ3) is 5.46. The molecule has 0 bridgehead atoms. The van der Waals surface area contributed by atoms with Crippen LogP contribution in [0.2, 0.25) is 0 Å². The van der Waals surface area contributed by atoms with Gasteiger partial charge >= 0.3 is 0 Å². The first-order chi connectivity index (χ1) is 13.3. The van der Waals surface area contributed by atoms with Crippen molar-refractivity contribution in [3.05, 3.63) is 66.1 Å². The van der Waals surface area contributed by atoms with Crippen molar-refractivity contribution in [1.29, 1.82) is 0 Å². The van der Waals surface area contributed by atoms with Crippen molar-refractivity contribution in [1.82, 2.24) is 15.0 Å². The van der Waals surface area contributed by atoms with Crippen molar-refractivity contribution >= 4 is 0 Å². The summed E-state index contributed by atoms with van der Waals surface area (Å²) in [5.41, 5.74) is 5.68. The number of aryl methyl sites for hydroxylation is 2. The quantitative estimate of drug-likeness (QED) is 0.422. The average Bonchev–Trinajstić information content (AvgIpc) is 2.73. The third-order valence-electron chi connectivity index (χ3n) is 4.83. The molecule has 0 aliphatic carbocycles. The highest BCUT2D eigenvalue weighted by Gasteiger charge is 2.04. The van der Waals surface area contributed by atoms with E-state index in [0.29, 0.717) is 0 Å². The molecule has 1 aromatic carbocycles. The van der Waals surface area contributed by atoms with Crippen molar-refractivity contribution in [2.45, 2.75) is 58.8 Å². The molecule has 0 fully saturated rings. The summed E-state index contributed by atoms with van der Waals surface area (Å²) in [7, 11) is 0. The van der Waals surface area contributed by atoms with Crippen molar-refractivity contribution in [2.75, 3.05) is 0 Å². The molecule has 0 aliphatic heterocycles. The molecule has 0 N–H and O–H groups in total. The fourth-order valence-corrected chi connectivity index (χ4v) is 3.21. The molecule has 0 saturated carbocycles. The Hall–Kier alpha value is -2.55. The highest BCUT2D eigenvalue weighted by Crippen LogP contribution is 2.22. The molecule has 0 saturated heterocycles. The summed E-state index contributed by atoms with van der Waals surface area (Å²) in [6.45, 7) is 4.43. The first-order valence-electron chi connectivity index (χ1n) is 10.2. The van der Waals surface area contributed by atoms with E-state index >= 15 is 0 Å². The van der Waals surface area contributed by atoms with Crippen LogP contribution in [0.15, 0.2) is 55.0 Å². The van der Waals surface area contributed by atoms with E-state index in [1.807, 2.05) is 18.6 Å². The lowest BCUT2D eigenvalue weighted by Gasteiger charge is -2.06. The van der Waals surface area contributed by atoms with Gasteiger partial charge in [0, 0.05) is 29.7 Å². The van der Waals surface area contributed by atoms with Crippen molar-refractivity contribution < 1.29 is 0 Å². The standard InChI is InChI=1S/C24H29N3/c1-3-5-6-7-9-20-17-26-24(27-18-20)22-13-11-21(12-14-22)23-15-10-19(8-4-2)16-25-23/h10-18H,3-9H2,1-2H3. The lowest BCUT2D eigenvalue weighted by atomic mass is 10.1. The van der Waals surface area contributed by atoms with Crippen LogP contribution in [0.5, 0.6) is 0 Å². The Labute approximate surface area is 162 Å². The summed E-state index contributed by atoms with van der Waals surface area (Å²) in [6.07, 6.45) is 14.3. The van der Waals surface area contributed by atoms with E-state index in [4.69, 9.17) is 0 Å². The van der Waals surface area contributed by atoms with Crippen LogP contribution in [0, 0.1) is 0 Å². The third-order valence-corrected chi connectivity index (χ3v) is 4.83. The Morgan fingerprint density at radius 1 is 0.593 bits per heavy atom. The maximum atomic E-state index is 4.59. The minimum atomic E-state index is 0.783. The monoisotopic (exact) mass is 359 g/mol. The Morgan fingerprint density at radius 2 is 1.30 bits per heavy atom. The Bertz CT molecular complexity index is 806. The summed E-state index contributed by atoms with van der Waals surface area (Å²) < 4.78 is 0. The zero-order chi connectivity index (χ0) is 18.9. The van der Waals surface area contributed by atoms with Gasteiger partial charge < -0.3 is 0 Å². The molecule has 0 amide bonds. The van der Waals surface area contributed by atoms with Crippen LogP contribution in [0.4, 0.5) is 0 Å². The number of hydrogen-bond acceptors (Lipinski definition) is 3. The SMILES string of the molecule is CCCCCCc1cnc(-c2ccc(-c3ccc(CCC)cn3)cc2)nc1. The van der Waals surface area contributed by atoms with Crippen LogP contribution in [0.25, 0.3) is 22.6 Å². The van der Waals surface area contributed by atoms with Gasteiger partial charge in [-0.1, -0.05) is 69.9 Å². The lowest BCUT2D eigenvalue weighted by molar-refractivity contribution is 0.665. The molecule has 3 heteroatoms. The Kier molecular flexibility index (Phi) is 7.09. The molecule has 0 radical (unpaired) electrons. The molecule has 0 atom stereocenters. The second-order valence-electron chi connectivity index (χ2n) is 7.10. The summed E-state index contributed by atoms with van der Waals surface area (Å²) in [5.74, 6) is 0.783. The molecule has 27 heavy (non-hydrogen) atoms. The fraction of sp³-hybridized carbons (Fsp3) is 0.375. The molecule has 2 aromatic heterocycles. The van der Waals surface area contributed by atoms with Gasteiger partial charge in [-0.3, -0.25) is 4.98 Å². The zero-order valence-electron chi connectivity index (χ0n) is 16.5. The maximum Gasteiger partial charge on any atom is 0.159 e. The molecule has 0 spiro atoms. The van der Waals surface area contributed by atoms with E-state index in [0.717, 1.165) is 41.9 Å². The van der Waals surface area contributed by atoms with Crippen LogP contribution in [-0.2, 0) is 12.8 Å². The van der Waals surface area contributed by atoms with Gasteiger partial charge in [0.1, 0.15) is 0 Å². The van der Waals surface area contributed by atoms with E-state index in [1.54, 1.807) is 0 Å². The van der Waals surface area contributed by atoms with Crippen molar-refractivity contribution in [3.63, 3.8) is 0 Å². The molecule has 3 aromatic rings. The maximum absolute atomic E-state index is 4.59. The molecule has 0 aliphatic rings. The normalized spacial score (nSPS) is 10.9. The van der Waals surface area contributed by atoms with Crippen LogP contribution in [0.3, 0.4) is 0 Å². The number of pyridine rings is 1. The molecule has 0 unspecified atom stereocenters. The molecular formula is C24H29N3. The highest BCUT2D eigenvalue weighted by molar-refractivity contribution is 5.65. The summed E-state index contributed by atoms with van der Waals surface area (Å²) in [5, 5.41) is 0. The van der Waals surface area contributed by atoms with Gasteiger partial charge in [0.05, 0.1) is 5.69 Å². The molecule has 140 valence electrons. The molecule has 3 nitrogen and oxygen atoms in total. The van der Waals surface area contributed by atoms with Gasteiger partial charge in [-0.2, -0.15) is 0 Å². The minimum absolute atomic E-state index is 0.783. The van der Waals surface area contributed by atoms with Gasteiger partial charge in [0.2, 0.25) is 0 Å². The van der Waals surface area contributed by atoms with Gasteiger partial charge in [-0.15, -0.1) is 0 Å². The first kappa shape index (κ1) is 19.2. The lowest BCUT2D eigenvalue weighted by Crippen LogP contribution is -1.93. The van der Waals surface area contributed by atoms with Crippen molar-refractivity contribution in [3.8, 4) is 22.6 Å². The number of unbranched alkanes of at least 4 members (excludes halogenated alkanes) is 3. The summed E-state index contributed by atoms with van der Waals surface area (Å²) in [6, 6.07) is 12.6. The predicted octanol–water partition coefficient (Wildman–Crippen LogP) is 6.28. The van der Waals surface area contributed by atoms with Gasteiger partial charge in [-0.05, 0) is 36.5 Å². The number of benzene rings is 1. The Morgan fingerprint density at radius 3 is 1.93 bits per heavy atom. The Balaban J connectivity index is 1.64. The van der Waals surface area contributed by atoms with E-state index in [9.17, 15) is 0 Å². The van der Waals surface area contributed by atoms with E-state index in [1.165, 1.54) is 36.8 Å². The van der Waals surface area contributed by atoms with Gasteiger partial charge in [0.15, 0.2) is 5.82 Å². The van der Waals surface area contributed by atoms with Crippen molar-refractivity contribution in [2.24, 2.45) is 0 Å². The zero-order valence-corrected chi connectivity index (χ0v) is 16.5. The van der Waals surface area contributed by atoms with E-state index in [2.05, 4.69) is 65.2 Å². The van der Waals surface area contributed by atoms with Crippen LogP contribution in [0.1, 0.15) is 57.1 Å². The average molecular weight is 360 g/mol. The smallest absolute Gasteiger partial charge is 0.159 e. The van der Waals surface area contributed by atoms with E-state index in [-0.39, 0.29) is 0 Å². The topological polar surface area (TPSA) is 38.7 Å². The van der Waals surface area contributed by atoms with Crippen LogP contribution < -0.4 is 0 Å². The summed E-state index contributed by atoms with van der Waals surface area (Å²) >= 11 is 0. The first-order valence-corrected chi connectivity index (χ1v) is 10.2. The van der Waals surface area contributed by atoms with E-state index < -0.39 is 0 Å². The van der Waals surface area contributed by atoms with Crippen LogP contribution >= 0.6 is 0 Å². The fourth-order valence-electron chi connectivity index (χ4n) is 3.21. The summed E-state index contributed by atoms with van der Waals surface area (Å²) in [4.78, 5) is 13.7.